The molecule has 86 valence electrons. The van der Waals surface area contributed by atoms with E-state index in [4.69, 9.17) is 0 Å². The molecule has 1 heteroatoms. The highest BCUT2D eigenvalue weighted by Crippen LogP contribution is 2.37. The van der Waals surface area contributed by atoms with Gasteiger partial charge in [-0.15, -0.1) is 0 Å². The number of benzene rings is 3. The third kappa shape index (κ3) is 1.34. The van der Waals surface area contributed by atoms with Gasteiger partial charge in [0.25, 0.3) is 0 Å². The summed E-state index contributed by atoms with van der Waals surface area (Å²) in [7, 11) is 0. The van der Waals surface area contributed by atoms with Crippen molar-refractivity contribution in [3.05, 3.63) is 66.2 Å². The molecule has 0 saturated carbocycles. The Bertz CT molecular complexity index is 743. The molecule has 0 aromatic heterocycles. The first-order valence-electron chi connectivity index (χ1n) is 6.27. The van der Waals surface area contributed by atoms with Crippen LogP contribution in [-0.4, -0.2) is 0 Å². The SMILES string of the molecule is c1ccc2c(c1)CNc1cc3ccccc3cc1-2. The van der Waals surface area contributed by atoms with Crippen LogP contribution in [0.3, 0.4) is 0 Å². The highest BCUT2D eigenvalue weighted by atomic mass is 14.9. The van der Waals surface area contributed by atoms with Crippen LogP contribution in [0.15, 0.2) is 60.7 Å². The molecule has 0 atom stereocenters. The zero-order valence-corrected chi connectivity index (χ0v) is 9.98. The second kappa shape index (κ2) is 3.61. The molecular weight excluding hydrogens is 218 g/mol. The summed E-state index contributed by atoms with van der Waals surface area (Å²) >= 11 is 0. The van der Waals surface area contributed by atoms with Crippen molar-refractivity contribution in [1.82, 2.24) is 0 Å². The number of anilines is 1. The summed E-state index contributed by atoms with van der Waals surface area (Å²) in [6.07, 6.45) is 0. The summed E-state index contributed by atoms with van der Waals surface area (Å²) in [4.78, 5) is 0. The number of hydrogen-bond donors (Lipinski definition) is 1. The third-order valence-corrected chi connectivity index (χ3v) is 3.66. The molecule has 0 radical (unpaired) electrons. The van der Waals surface area contributed by atoms with Crippen molar-refractivity contribution in [2.75, 3.05) is 5.32 Å². The Labute approximate surface area is 106 Å². The molecule has 1 heterocycles. The van der Waals surface area contributed by atoms with Crippen molar-refractivity contribution >= 4 is 16.5 Å². The first-order valence-corrected chi connectivity index (χ1v) is 6.27. The minimum absolute atomic E-state index is 0.918. The van der Waals surface area contributed by atoms with Gasteiger partial charge in [-0.25, -0.2) is 0 Å². The molecule has 3 aromatic carbocycles. The number of nitrogens with one attached hydrogen (secondary N) is 1. The van der Waals surface area contributed by atoms with Crippen LogP contribution in [0.1, 0.15) is 5.56 Å². The lowest BCUT2D eigenvalue weighted by Crippen LogP contribution is -2.08. The standard InChI is InChI=1S/C17H13N/c1-2-6-13-10-17-16(9-12(13)5-1)15-8-4-3-7-14(15)11-18-17/h1-10,18H,11H2. The Morgan fingerprint density at radius 1 is 0.722 bits per heavy atom. The second-order valence-electron chi connectivity index (χ2n) is 4.76. The van der Waals surface area contributed by atoms with Crippen molar-refractivity contribution in [3.63, 3.8) is 0 Å². The lowest BCUT2D eigenvalue weighted by atomic mass is 9.92. The zero-order chi connectivity index (χ0) is 11.9. The summed E-state index contributed by atoms with van der Waals surface area (Å²) in [5.74, 6) is 0. The van der Waals surface area contributed by atoms with Crippen molar-refractivity contribution in [2.45, 2.75) is 6.54 Å². The Hall–Kier alpha value is -2.28. The molecule has 0 spiro atoms. The van der Waals surface area contributed by atoms with Crippen LogP contribution in [0, 0.1) is 0 Å². The maximum Gasteiger partial charge on any atom is 0.0429 e. The molecular formula is C17H13N. The first-order chi connectivity index (χ1) is 8.92. The van der Waals surface area contributed by atoms with E-state index >= 15 is 0 Å². The maximum atomic E-state index is 3.51. The van der Waals surface area contributed by atoms with E-state index in [-0.39, 0.29) is 0 Å². The van der Waals surface area contributed by atoms with Crippen molar-refractivity contribution < 1.29 is 0 Å². The molecule has 1 N–H and O–H groups in total. The highest BCUT2D eigenvalue weighted by molar-refractivity contribution is 5.95. The van der Waals surface area contributed by atoms with Crippen LogP contribution < -0.4 is 5.32 Å². The molecule has 3 aromatic rings. The summed E-state index contributed by atoms with van der Waals surface area (Å²) < 4.78 is 0. The van der Waals surface area contributed by atoms with E-state index in [1.54, 1.807) is 0 Å². The van der Waals surface area contributed by atoms with Gasteiger partial charge in [-0.1, -0.05) is 48.5 Å². The van der Waals surface area contributed by atoms with Crippen LogP contribution in [0.25, 0.3) is 21.9 Å². The Kier molecular flexibility index (Phi) is 1.95. The third-order valence-electron chi connectivity index (χ3n) is 3.66. The van der Waals surface area contributed by atoms with Crippen LogP contribution in [0.2, 0.25) is 0 Å². The number of hydrogen-bond acceptors (Lipinski definition) is 1. The minimum atomic E-state index is 0.918. The van der Waals surface area contributed by atoms with Crippen molar-refractivity contribution in [2.24, 2.45) is 0 Å². The fourth-order valence-electron chi connectivity index (χ4n) is 2.74. The van der Waals surface area contributed by atoms with Crippen LogP contribution in [0.4, 0.5) is 5.69 Å². The summed E-state index contributed by atoms with van der Waals surface area (Å²) in [5.41, 5.74) is 5.29. The van der Waals surface area contributed by atoms with Gasteiger partial charge in [0.15, 0.2) is 0 Å². The number of fused-ring (bicyclic) bond motifs is 4. The van der Waals surface area contributed by atoms with E-state index in [0.717, 1.165) is 6.54 Å². The smallest absolute Gasteiger partial charge is 0.0429 e. The summed E-state index contributed by atoms with van der Waals surface area (Å²) in [6, 6.07) is 21.7. The van der Waals surface area contributed by atoms with Crippen LogP contribution in [0.5, 0.6) is 0 Å². The van der Waals surface area contributed by atoms with Crippen molar-refractivity contribution in [3.8, 4) is 11.1 Å². The molecule has 0 saturated heterocycles. The molecule has 18 heavy (non-hydrogen) atoms. The average Bonchev–Trinajstić information content (AvgIpc) is 2.45. The van der Waals surface area contributed by atoms with Gasteiger partial charge in [0.1, 0.15) is 0 Å². The van der Waals surface area contributed by atoms with Crippen molar-refractivity contribution in [1.29, 1.82) is 0 Å². The van der Waals surface area contributed by atoms with Crippen LogP contribution >= 0.6 is 0 Å². The molecule has 0 aliphatic carbocycles. The number of rotatable bonds is 0. The van der Waals surface area contributed by atoms with Crippen LogP contribution in [-0.2, 0) is 6.54 Å². The predicted molar refractivity (Wildman–Crippen MR) is 76.7 cm³/mol. The van der Waals surface area contributed by atoms with E-state index in [1.807, 2.05) is 0 Å². The largest absolute Gasteiger partial charge is 0.380 e. The first kappa shape index (κ1) is 9.72. The van der Waals surface area contributed by atoms with E-state index in [2.05, 4.69) is 66.0 Å². The molecule has 0 bridgehead atoms. The second-order valence-corrected chi connectivity index (χ2v) is 4.76. The van der Waals surface area contributed by atoms with Gasteiger partial charge >= 0.3 is 0 Å². The maximum absolute atomic E-state index is 3.51. The molecule has 0 amide bonds. The van der Waals surface area contributed by atoms with E-state index in [0.29, 0.717) is 0 Å². The molecule has 0 unspecified atom stereocenters. The Morgan fingerprint density at radius 3 is 2.33 bits per heavy atom. The average molecular weight is 231 g/mol. The Balaban J connectivity index is 2.06. The fraction of sp³-hybridized carbons (Fsp3) is 0.0588. The lowest BCUT2D eigenvalue weighted by Gasteiger charge is -2.22. The fourth-order valence-corrected chi connectivity index (χ4v) is 2.74. The molecule has 0 fully saturated rings. The minimum Gasteiger partial charge on any atom is -0.380 e. The molecule has 4 rings (SSSR count). The van der Waals surface area contributed by atoms with Gasteiger partial charge in [0, 0.05) is 17.8 Å². The molecule has 1 aliphatic rings. The normalized spacial score (nSPS) is 12.7. The Morgan fingerprint density at radius 2 is 1.44 bits per heavy atom. The van der Waals surface area contributed by atoms with Gasteiger partial charge in [0.05, 0.1) is 0 Å². The zero-order valence-electron chi connectivity index (χ0n) is 9.98. The van der Waals surface area contributed by atoms with Gasteiger partial charge < -0.3 is 5.32 Å². The van der Waals surface area contributed by atoms with E-state index in [9.17, 15) is 0 Å². The summed E-state index contributed by atoms with van der Waals surface area (Å²) in [5, 5.41) is 6.11. The van der Waals surface area contributed by atoms with Gasteiger partial charge in [-0.3, -0.25) is 0 Å². The molecule has 1 aliphatic heterocycles. The van der Waals surface area contributed by atoms with Gasteiger partial charge in [0.2, 0.25) is 0 Å². The van der Waals surface area contributed by atoms with E-state index in [1.165, 1.54) is 33.2 Å². The summed E-state index contributed by atoms with van der Waals surface area (Å²) in [6.45, 7) is 0.918. The highest BCUT2D eigenvalue weighted by Gasteiger charge is 2.15. The van der Waals surface area contributed by atoms with Gasteiger partial charge in [-0.05, 0) is 34.0 Å². The predicted octanol–water partition coefficient (Wildman–Crippen LogP) is 4.43. The lowest BCUT2D eigenvalue weighted by molar-refractivity contribution is 1.13. The monoisotopic (exact) mass is 231 g/mol. The topological polar surface area (TPSA) is 12.0 Å². The molecule has 1 nitrogen and oxygen atoms in total. The quantitative estimate of drug-likeness (QED) is 0.603. The van der Waals surface area contributed by atoms with E-state index < -0.39 is 0 Å². The van der Waals surface area contributed by atoms with Gasteiger partial charge in [-0.2, -0.15) is 0 Å².